The molecule has 1 fully saturated rings. The predicted molar refractivity (Wildman–Crippen MR) is 80.1 cm³/mol. The van der Waals surface area contributed by atoms with Crippen molar-refractivity contribution in [3.05, 3.63) is 23.9 Å². The minimum Gasteiger partial charge on any atom is -0.338 e. The van der Waals surface area contributed by atoms with Crippen molar-refractivity contribution in [2.75, 3.05) is 25.4 Å². The number of hydrogen-bond acceptors (Lipinski definition) is 4. The number of likely N-dealkylation sites (tertiary alicyclic amines) is 1. The van der Waals surface area contributed by atoms with Gasteiger partial charge in [-0.05, 0) is 30.9 Å². The van der Waals surface area contributed by atoms with Crippen molar-refractivity contribution in [1.82, 2.24) is 9.80 Å². The molecule has 0 unspecified atom stereocenters. The second kappa shape index (κ2) is 5.29. The third-order valence-corrected chi connectivity index (χ3v) is 5.18. The summed E-state index contributed by atoms with van der Waals surface area (Å²) >= 11 is 0. The number of amidine groups is 1. The zero-order chi connectivity index (χ0) is 15.0. The molecule has 0 aromatic heterocycles. The molecular formula is C14H19N3O3S. The Hall–Kier alpha value is -1.63. The highest BCUT2D eigenvalue weighted by Crippen LogP contribution is 2.21. The van der Waals surface area contributed by atoms with Crippen molar-refractivity contribution in [3.8, 4) is 0 Å². The van der Waals surface area contributed by atoms with E-state index in [-0.39, 0.29) is 11.7 Å². The molecule has 0 spiro atoms. The van der Waals surface area contributed by atoms with Gasteiger partial charge in [0.1, 0.15) is 5.84 Å². The topological polar surface area (TPSA) is 70.1 Å². The summed E-state index contributed by atoms with van der Waals surface area (Å²) in [5.41, 5.74) is 0.599. The van der Waals surface area contributed by atoms with Crippen LogP contribution < -0.4 is 0 Å². The molecule has 3 heterocycles. The number of hydrogen-bond donors (Lipinski definition) is 0. The standard InChI is InChI=1S/C14H19N3O3S/c1-11-3-2-6-17(9-11)14(18)12-4-5-13-15-21(19,20)8-7-16(13)10-12/h4-5,10-11H,2-3,6-9H2,1H3/t11-/m0/s1. The van der Waals surface area contributed by atoms with E-state index in [0.717, 1.165) is 19.5 Å². The van der Waals surface area contributed by atoms with E-state index in [1.807, 2.05) is 4.90 Å². The van der Waals surface area contributed by atoms with Gasteiger partial charge in [-0.3, -0.25) is 4.79 Å². The van der Waals surface area contributed by atoms with E-state index in [0.29, 0.717) is 23.9 Å². The Balaban J connectivity index is 1.78. The molecule has 3 rings (SSSR count). The van der Waals surface area contributed by atoms with Crippen molar-refractivity contribution in [2.45, 2.75) is 19.8 Å². The fourth-order valence-corrected chi connectivity index (χ4v) is 3.85. The van der Waals surface area contributed by atoms with Gasteiger partial charge in [0.05, 0.1) is 11.3 Å². The number of nitrogens with zero attached hydrogens (tertiary/aromatic N) is 3. The average molecular weight is 309 g/mol. The normalized spacial score (nSPS) is 27.8. The molecule has 0 aromatic carbocycles. The Morgan fingerprint density at radius 1 is 1.33 bits per heavy atom. The minimum absolute atomic E-state index is 0.0109. The number of carbonyl (C=O) groups is 1. The smallest absolute Gasteiger partial charge is 0.256 e. The molecule has 21 heavy (non-hydrogen) atoms. The monoisotopic (exact) mass is 309 g/mol. The van der Waals surface area contributed by atoms with Gasteiger partial charge in [0.25, 0.3) is 15.9 Å². The highest BCUT2D eigenvalue weighted by molar-refractivity contribution is 7.90. The maximum absolute atomic E-state index is 12.5. The summed E-state index contributed by atoms with van der Waals surface area (Å²) in [5, 5.41) is 0. The lowest BCUT2D eigenvalue weighted by molar-refractivity contribution is -0.128. The molecule has 6 nitrogen and oxygen atoms in total. The first kappa shape index (κ1) is 14.3. The zero-order valence-corrected chi connectivity index (χ0v) is 12.8. The van der Waals surface area contributed by atoms with E-state index in [9.17, 15) is 13.2 Å². The van der Waals surface area contributed by atoms with E-state index < -0.39 is 10.0 Å². The lowest BCUT2D eigenvalue weighted by Crippen LogP contribution is -2.42. The van der Waals surface area contributed by atoms with Crippen LogP contribution in [0.15, 0.2) is 28.3 Å². The third kappa shape index (κ3) is 3.02. The van der Waals surface area contributed by atoms with Gasteiger partial charge in [-0.25, -0.2) is 8.42 Å². The van der Waals surface area contributed by atoms with Gasteiger partial charge >= 0.3 is 0 Å². The van der Waals surface area contributed by atoms with Crippen LogP contribution in [0.1, 0.15) is 19.8 Å². The largest absolute Gasteiger partial charge is 0.338 e. The van der Waals surface area contributed by atoms with Crippen LogP contribution in [0.3, 0.4) is 0 Å². The van der Waals surface area contributed by atoms with Gasteiger partial charge in [0.15, 0.2) is 0 Å². The van der Waals surface area contributed by atoms with Crippen LogP contribution in [0.5, 0.6) is 0 Å². The van der Waals surface area contributed by atoms with Gasteiger partial charge in [-0.1, -0.05) is 6.92 Å². The van der Waals surface area contributed by atoms with Crippen LogP contribution in [0.4, 0.5) is 0 Å². The Morgan fingerprint density at radius 3 is 2.90 bits per heavy atom. The second-order valence-corrected chi connectivity index (χ2v) is 7.60. The first-order chi connectivity index (χ1) is 9.94. The van der Waals surface area contributed by atoms with Crippen LogP contribution in [0, 0.1) is 5.92 Å². The minimum atomic E-state index is -3.35. The summed E-state index contributed by atoms with van der Waals surface area (Å²) in [4.78, 5) is 16.1. The summed E-state index contributed by atoms with van der Waals surface area (Å²) in [6.07, 6.45) is 7.20. The number of carbonyl (C=O) groups excluding carboxylic acids is 1. The molecule has 0 N–H and O–H groups in total. The van der Waals surface area contributed by atoms with Gasteiger partial charge in [-0.2, -0.15) is 0 Å². The molecule has 0 bridgehead atoms. The number of amides is 1. The second-order valence-electron chi connectivity index (χ2n) is 5.85. The van der Waals surface area contributed by atoms with Gasteiger partial charge in [0, 0.05) is 25.8 Å². The lowest BCUT2D eigenvalue weighted by atomic mass is 9.99. The van der Waals surface area contributed by atoms with Crippen molar-refractivity contribution >= 4 is 21.8 Å². The van der Waals surface area contributed by atoms with E-state index in [4.69, 9.17) is 0 Å². The summed E-state index contributed by atoms with van der Waals surface area (Å²) in [5.74, 6) is 0.937. The van der Waals surface area contributed by atoms with Crippen molar-refractivity contribution in [3.63, 3.8) is 0 Å². The van der Waals surface area contributed by atoms with Crippen LogP contribution >= 0.6 is 0 Å². The van der Waals surface area contributed by atoms with Crippen molar-refractivity contribution < 1.29 is 13.2 Å². The highest BCUT2D eigenvalue weighted by atomic mass is 32.2. The number of sulfonamides is 1. The molecule has 1 atom stereocenters. The maximum Gasteiger partial charge on any atom is 0.256 e. The molecule has 3 aliphatic heterocycles. The first-order valence-electron chi connectivity index (χ1n) is 7.23. The fourth-order valence-electron chi connectivity index (χ4n) is 2.88. The summed E-state index contributed by atoms with van der Waals surface area (Å²) in [6, 6.07) is 0. The van der Waals surface area contributed by atoms with E-state index in [1.54, 1.807) is 23.3 Å². The predicted octanol–water partition coefficient (Wildman–Crippen LogP) is 0.743. The molecule has 114 valence electrons. The van der Waals surface area contributed by atoms with Crippen LogP contribution in [0.2, 0.25) is 0 Å². The molecular weight excluding hydrogens is 290 g/mol. The highest BCUT2D eigenvalue weighted by Gasteiger charge is 2.28. The molecule has 1 saturated heterocycles. The van der Waals surface area contributed by atoms with Crippen molar-refractivity contribution in [2.24, 2.45) is 10.3 Å². The lowest BCUT2D eigenvalue weighted by Gasteiger charge is -2.33. The molecule has 0 aliphatic carbocycles. The number of piperidine rings is 1. The summed E-state index contributed by atoms with van der Waals surface area (Å²) in [6.45, 7) is 4.09. The van der Waals surface area contributed by atoms with Gasteiger partial charge in [-0.15, -0.1) is 4.40 Å². The van der Waals surface area contributed by atoms with Crippen molar-refractivity contribution in [1.29, 1.82) is 0 Å². The maximum atomic E-state index is 12.5. The molecule has 7 heteroatoms. The molecule has 1 amide bonds. The third-order valence-electron chi connectivity index (χ3n) is 4.02. The SMILES string of the molecule is C[C@H]1CCCN(C(=O)C2=CN3CCS(=O)(=O)N=C3C=C2)C1. The Morgan fingerprint density at radius 2 is 2.14 bits per heavy atom. The Labute approximate surface area is 124 Å². The van der Waals surface area contributed by atoms with E-state index >= 15 is 0 Å². The summed E-state index contributed by atoms with van der Waals surface area (Å²) in [7, 11) is -3.35. The molecule has 0 radical (unpaired) electrons. The zero-order valence-electron chi connectivity index (χ0n) is 12.0. The van der Waals surface area contributed by atoms with Crippen LogP contribution in [-0.4, -0.2) is 55.3 Å². The van der Waals surface area contributed by atoms with Gasteiger partial charge in [0.2, 0.25) is 0 Å². The Kier molecular flexibility index (Phi) is 3.61. The first-order valence-corrected chi connectivity index (χ1v) is 8.84. The summed E-state index contributed by atoms with van der Waals surface area (Å²) < 4.78 is 26.6. The molecule has 0 saturated carbocycles. The fraction of sp³-hybridized carbons (Fsp3) is 0.571. The van der Waals surface area contributed by atoms with E-state index in [1.165, 1.54) is 6.42 Å². The Bertz CT molecular complexity index is 648. The number of fused-ring (bicyclic) bond motifs is 1. The van der Waals surface area contributed by atoms with Crippen LogP contribution in [0.25, 0.3) is 0 Å². The quantitative estimate of drug-likeness (QED) is 0.716. The average Bonchev–Trinajstić information content (AvgIpc) is 2.45. The molecule has 3 aliphatic rings. The van der Waals surface area contributed by atoms with Crippen LogP contribution in [-0.2, 0) is 14.8 Å². The van der Waals surface area contributed by atoms with E-state index in [2.05, 4.69) is 11.3 Å². The molecule has 0 aromatic rings. The van der Waals surface area contributed by atoms with Gasteiger partial charge < -0.3 is 9.80 Å². The number of rotatable bonds is 1.